The van der Waals surface area contributed by atoms with Crippen molar-refractivity contribution < 1.29 is 23.9 Å². The van der Waals surface area contributed by atoms with Gasteiger partial charge in [-0.2, -0.15) is 0 Å². The molecule has 1 aliphatic rings. The Morgan fingerprint density at radius 3 is 2.36 bits per heavy atom. The molecule has 0 saturated carbocycles. The summed E-state index contributed by atoms with van der Waals surface area (Å²) >= 11 is 0. The molecule has 6 nitrogen and oxygen atoms in total. The highest BCUT2D eigenvalue weighted by Gasteiger charge is 2.39. The summed E-state index contributed by atoms with van der Waals surface area (Å²) in [5.74, 6) is -1.33. The minimum atomic E-state index is -1.27. The van der Waals surface area contributed by atoms with Gasteiger partial charge >= 0.3 is 11.9 Å². The number of benzene rings is 1. The van der Waals surface area contributed by atoms with Crippen molar-refractivity contribution in [3.05, 3.63) is 35.4 Å². The van der Waals surface area contributed by atoms with Gasteiger partial charge in [0.25, 0.3) is 0 Å². The van der Waals surface area contributed by atoms with Gasteiger partial charge in [-0.15, -0.1) is 0 Å². The highest BCUT2D eigenvalue weighted by atomic mass is 16.5. The zero-order valence-corrected chi connectivity index (χ0v) is 12.9. The molecular formula is C16H17NO5. The van der Waals surface area contributed by atoms with Gasteiger partial charge in [-0.25, -0.2) is 9.59 Å². The number of carbonyl (C=O) groups is 3. The molecule has 1 aliphatic heterocycles. The van der Waals surface area contributed by atoms with Crippen LogP contribution in [0, 0.1) is 0 Å². The average Bonchev–Trinajstić information content (AvgIpc) is 2.51. The SMILES string of the molecule is COC(=O)C1=C[C@@](C)(C(=O)OC)Nc2c(C(C)=O)cccc21. The van der Waals surface area contributed by atoms with Gasteiger partial charge in [0.2, 0.25) is 0 Å². The van der Waals surface area contributed by atoms with E-state index in [2.05, 4.69) is 5.32 Å². The molecule has 1 heterocycles. The van der Waals surface area contributed by atoms with Crippen LogP contribution in [0.1, 0.15) is 29.8 Å². The number of fused-ring (bicyclic) bond motifs is 1. The standard InChI is InChI=1S/C16H17NO5/c1-9(18)10-6-5-7-11-12(14(19)21-3)8-16(2,15(20)22-4)17-13(10)11/h5-8,17H,1-4H3/t16-/m0/s1. The lowest BCUT2D eigenvalue weighted by Gasteiger charge is -2.33. The molecule has 2 rings (SSSR count). The van der Waals surface area contributed by atoms with Crippen molar-refractivity contribution in [3.63, 3.8) is 0 Å². The second kappa shape index (κ2) is 5.63. The van der Waals surface area contributed by atoms with Crippen molar-refractivity contribution in [2.24, 2.45) is 0 Å². The quantitative estimate of drug-likeness (QED) is 0.677. The lowest BCUT2D eigenvalue weighted by Crippen LogP contribution is -2.45. The van der Waals surface area contributed by atoms with E-state index in [4.69, 9.17) is 9.47 Å². The molecule has 22 heavy (non-hydrogen) atoms. The minimum absolute atomic E-state index is 0.178. The van der Waals surface area contributed by atoms with Gasteiger partial charge in [-0.1, -0.05) is 12.1 Å². The number of hydrogen-bond donors (Lipinski definition) is 1. The summed E-state index contributed by atoms with van der Waals surface area (Å²) in [7, 11) is 2.52. The van der Waals surface area contributed by atoms with Crippen LogP contribution in [-0.2, 0) is 19.1 Å². The van der Waals surface area contributed by atoms with Crippen molar-refractivity contribution >= 4 is 29.0 Å². The molecular weight excluding hydrogens is 286 g/mol. The van der Waals surface area contributed by atoms with Gasteiger partial charge in [0.15, 0.2) is 11.3 Å². The second-order valence-electron chi connectivity index (χ2n) is 5.15. The normalized spacial score (nSPS) is 19.4. The van der Waals surface area contributed by atoms with Crippen molar-refractivity contribution in [2.45, 2.75) is 19.4 Å². The summed E-state index contributed by atoms with van der Waals surface area (Å²) in [6.45, 7) is 2.99. The van der Waals surface area contributed by atoms with E-state index in [0.717, 1.165) is 0 Å². The lowest BCUT2D eigenvalue weighted by atomic mass is 9.87. The third-order valence-corrected chi connectivity index (χ3v) is 3.57. The maximum atomic E-state index is 12.1. The summed E-state index contributed by atoms with van der Waals surface area (Å²) in [6, 6.07) is 5.00. The predicted octanol–water partition coefficient (Wildman–Crippen LogP) is 1.80. The molecule has 0 unspecified atom stereocenters. The molecule has 1 N–H and O–H groups in total. The number of nitrogens with one attached hydrogen (secondary N) is 1. The third-order valence-electron chi connectivity index (χ3n) is 3.57. The molecule has 0 aliphatic carbocycles. The highest BCUT2D eigenvalue weighted by molar-refractivity contribution is 6.22. The van der Waals surface area contributed by atoms with Crippen molar-refractivity contribution in [2.75, 3.05) is 19.5 Å². The molecule has 0 radical (unpaired) electrons. The van der Waals surface area contributed by atoms with Crippen molar-refractivity contribution in [3.8, 4) is 0 Å². The van der Waals surface area contributed by atoms with Crippen molar-refractivity contribution in [1.29, 1.82) is 0 Å². The number of methoxy groups -OCH3 is 2. The first kappa shape index (κ1) is 15.8. The summed E-state index contributed by atoms with van der Waals surface area (Å²) in [5.41, 5.74) is 0.276. The molecule has 1 aromatic rings. The number of rotatable bonds is 3. The monoisotopic (exact) mass is 303 g/mol. The van der Waals surface area contributed by atoms with Crippen LogP contribution in [0.25, 0.3) is 5.57 Å². The minimum Gasteiger partial charge on any atom is -0.467 e. The van der Waals surface area contributed by atoms with Crippen LogP contribution >= 0.6 is 0 Å². The first-order chi connectivity index (χ1) is 10.3. The molecule has 0 aromatic heterocycles. The first-order valence-electron chi connectivity index (χ1n) is 6.66. The molecule has 6 heteroatoms. The van der Waals surface area contributed by atoms with Crippen LogP contribution in [0.15, 0.2) is 24.3 Å². The largest absolute Gasteiger partial charge is 0.467 e. The fraction of sp³-hybridized carbons (Fsp3) is 0.312. The van der Waals surface area contributed by atoms with Crippen LogP contribution < -0.4 is 5.32 Å². The van der Waals surface area contributed by atoms with Crippen molar-refractivity contribution in [1.82, 2.24) is 0 Å². The summed E-state index contributed by atoms with van der Waals surface area (Å²) in [6.07, 6.45) is 1.46. The summed E-state index contributed by atoms with van der Waals surface area (Å²) in [5, 5.41) is 3.00. The van der Waals surface area contributed by atoms with E-state index >= 15 is 0 Å². The molecule has 1 atom stereocenters. The Hall–Kier alpha value is -2.63. The van der Waals surface area contributed by atoms with Gasteiger partial charge in [-0.3, -0.25) is 4.79 Å². The van der Waals surface area contributed by atoms with Gasteiger partial charge in [0.1, 0.15) is 0 Å². The van der Waals surface area contributed by atoms with Crippen LogP contribution in [0.2, 0.25) is 0 Å². The van der Waals surface area contributed by atoms with E-state index < -0.39 is 17.5 Å². The Morgan fingerprint density at radius 1 is 1.14 bits per heavy atom. The van der Waals surface area contributed by atoms with E-state index in [1.807, 2.05) is 0 Å². The molecule has 0 amide bonds. The van der Waals surface area contributed by atoms with Crippen LogP contribution in [0.4, 0.5) is 5.69 Å². The Bertz CT molecular complexity index is 692. The topological polar surface area (TPSA) is 81.7 Å². The number of anilines is 1. The van der Waals surface area contributed by atoms with E-state index in [-0.39, 0.29) is 11.4 Å². The number of carbonyl (C=O) groups excluding carboxylic acids is 3. The number of esters is 2. The van der Waals surface area contributed by atoms with E-state index in [9.17, 15) is 14.4 Å². The third kappa shape index (κ3) is 2.47. The molecule has 0 bridgehead atoms. The van der Waals surface area contributed by atoms with E-state index in [0.29, 0.717) is 16.8 Å². The van der Waals surface area contributed by atoms with E-state index in [1.54, 1.807) is 25.1 Å². The van der Waals surface area contributed by atoms with Gasteiger partial charge in [0.05, 0.1) is 25.5 Å². The first-order valence-corrected chi connectivity index (χ1v) is 6.66. The van der Waals surface area contributed by atoms with Crippen LogP contribution in [0.5, 0.6) is 0 Å². The molecule has 0 spiro atoms. The Labute approximate surface area is 128 Å². The highest BCUT2D eigenvalue weighted by Crippen LogP contribution is 2.37. The fourth-order valence-corrected chi connectivity index (χ4v) is 2.47. The zero-order valence-electron chi connectivity index (χ0n) is 12.9. The maximum absolute atomic E-state index is 12.1. The number of hydrogen-bond acceptors (Lipinski definition) is 6. The average molecular weight is 303 g/mol. The second-order valence-corrected chi connectivity index (χ2v) is 5.15. The smallest absolute Gasteiger partial charge is 0.338 e. The van der Waals surface area contributed by atoms with Crippen LogP contribution in [-0.4, -0.2) is 37.5 Å². The summed E-state index contributed by atoms with van der Waals surface area (Å²) in [4.78, 5) is 35.9. The predicted molar refractivity (Wildman–Crippen MR) is 80.5 cm³/mol. The molecule has 0 saturated heterocycles. The van der Waals surface area contributed by atoms with Gasteiger partial charge in [-0.05, 0) is 26.0 Å². The number of Topliss-reactive ketones (excluding diaryl/α,β-unsaturated/α-hetero) is 1. The fourth-order valence-electron chi connectivity index (χ4n) is 2.47. The van der Waals surface area contributed by atoms with Gasteiger partial charge in [0, 0.05) is 11.1 Å². The Kier molecular flexibility index (Phi) is 4.03. The Morgan fingerprint density at radius 2 is 1.82 bits per heavy atom. The molecule has 116 valence electrons. The molecule has 0 fully saturated rings. The number of ketones is 1. The zero-order chi connectivity index (χ0) is 16.5. The molecule has 1 aromatic carbocycles. The Balaban J connectivity index is 2.72. The summed E-state index contributed by atoms with van der Waals surface area (Å²) < 4.78 is 9.57. The number of para-hydroxylation sites is 1. The van der Waals surface area contributed by atoms with Gasteiger partial charge < -0.3 is 14.8 Å². The lowest BCUT2D eigenvalue weighted by molar-refractivity contribution is -0.143. The maximum Gasteiger partial charge on any atom is 0.338 e. The number of ether oxygens (including phenoxy) is 2. The van der Waals surface area contributed by atoms with Crippen LogP contribution in [0.3, 0.4) is 0 Å². The van der Waals surface area contributed by atoms with E-state index in [1.165, 1.54) is 27.2 Å².